The number of amides is 1. The standard InChI is InChI=1S/C13H17FN2O3/c1-18-10-2-3-11(14)12(7-10)16-13(17)6-9-8-19-5-4-15-9/h2-3,7,9,15H,4-6,8H2,1H3,(H,16,17). The molecule has 1 aliphatic rings. The summed E-state index contributed by atoms with van der Waals surface area (Å²) in [5, 5.41) is 5.71. The predicted molar refractivity (Wildman–Crippen MR) is 68.8 cm³/mol. The van der Waals surface area contributed by atoms with E-state index in [1.807, 2.05) is 0 Å². The van der Waals surface area contributed by atoms with Crippen LogP contribution in [0.1, 0.15) is 6.42 Å². The fourth-order valence-electron chi connectivity index (χ4n) is 1.90. The van der Waals surface area contributed by atoms with Crippen LogP contribution >= 0.6 is 0 Å². The van der Waals surface area contributed by atoms with Crippen LogP contribution in [0.4, 0.5) is 10.1 Å². The number of methoxy groups -OCH3 is 1. The number of hydrogen-bond donors (Lipinski definition) is 2. The lowest BCUT2D eigenvalue weighted by atomic mass is 10.2. The van der Waals surface area contributed by atoms with Gasteiger partial charge in [0.15, 0.2) is 0 Å². The van der Waals surface area contributed by atoms with E-state index in [4.69, 9.17) is 9.47 Å². The summed E-state index contributed by atoms with van der Waals surface area (Å²) in [6.45, 7) is 1.88. The van der Waals surface area contributed by atoms with Crippen LogP contribution in [0.15, 0.2) is 18.2 Å². The molecule has 0 aliphatic carbocycles. The van der Waals surface area contributed by atoms with Gasteiger partial charge in [-0.2, -0.15) is 0 Å². The Morgan fingerprint density at radius 2 is 2.47 bits per heavy atom. The van der Waals surface area contributed by atoms with Gasteiger partial charge in [-0.15, -0.1) is 0 Å². The third-order valence-electron chi connectivity index (χ3n) is 2.88. The maximum absolute atomic E-state index is 13.5. The highest BCUT2D eigenvalue weighted by atomic mass is 19.1. The Bertz CT molecular complexity index is 448. The molecule has 0 aromatic heterocycles. The molecule has 2 N–H and O–H groups in total. The SMILES string of the molecule is COc1ccc(F)c(NC(=O)CC2COCCN2)c1. The molecular weight excluding hydrogens is 251 g/mol. The first kappa shape index (κ1) is 13.8. The van der Waals surface area contributed by atoms with Gasteiger partial charge in [-0.05, 0) is 12.1 Å². The predicted octanol–water partition coefficient (Wildman–Crippen LogP) is 1.15. The summed E-state index contributed by atoms with van der Waals surface area (Å²) < 4.78 is 23.8. The minimum atomic E-state index is -0.484. The highest BCUT2D eigenvalue weighted by molar-refractivity contribution is 5.91. The van der Waals surface area contributed by atoms with Crippen molar-refractivity contribution in [2.75, 3.05) is 32.2 Å². The van der Waals surface area contributed by atoms with E-state index in [0.29, 0.717) is 19.0 Å². The molecule has 19 heavy (non-hydrogen) atoms. The number of anilines is 1. The molecule has 1 saturated heterocycles. The van der Waals surface area contributed by atoms with Gasteiger partial charge in [-0.3, -0.25) is 4.79 Å². The summed E-state index contributed by atoms with van der Waals surface area (Å²) in [6, 6.07) is 4.19. The summed E-state index contributed by atoms with van der Waals surface area (Å²) in [7, 11) is 1.49. The largest absolute Gasteiger partial charge is 0.497 e. The van der Waals surface area contributed by atoms with Crippen LogP contribution in [0.3, 0.4) is 0 Å². The molecule has 2 rings (SSSR count). The maximum atomic E-state index is 13.5. The van der Waals surface area contributed by atoms with E-state index in [1.165, 1.54) is 25.3 Å². The Morgan fingerprint density at radius 1 is 1.63 bits per heavy atom. The number of ether oxygens (including phenoxy) is 2. The number of nitrogens with one attached hydrogen (secondary N) is 2. The third-order valence-corrected chi connectivity index (χ3v) is 2.88. The molecule has 1 aromatic rings. The lowest BCUT2D eigenvalue weighted by Gasteiger charge is -2.23. The smallest absolute Gasteiger partial charge is 0.226 e. The fraction of sp³-hybridized carbons (Fsp3) is 0.462. The van der Waals surface area contributed by atoms with Gasteiger partial charge in [0.05, 0.1) is 26.0 Å². The molecule has 0 spiro atoms. The van der Waals surface area contributed by atoms with Crippen molar-refractivity contribution in [2.45, 2.75) is 12.5 Å². The van der Waals surface area contributed by atoms with Gasteiger partial charge >= 0.3 is 0 Å². The van der Waals surface area contributed by atoms with E-state index in [-0.39, 0.29) is 24.1 Å². The molecular formula is C13H17FN2O3. The van der Waals surface area contributed by atoms with Gasteiger partial charge in [-0.1, -0.05) is 0 Å². The van der Waals surface area contributed by atoms with Crippen molar-refractivity contribution in [3.05, 3.63) is 24.0 Å². The molecule has 1 amide bonds. The molecule has 6 heteroatoms. The average Bonchev–Trinajstić information content (AvgIpc) is 2.42. The molecule has 0 saturated carbocycles. The van der Waals surface area contributed by atoms with Crippen molar-refractivity contribution < 1.29 is 18.7 Å². The first-order valence-corrected chi connectivity index (χ1v) is 6.13. The molecule has 1 aromatic carbocycles. The summed E-state index contributed by atoms with van der Waals surface area (Å²) in [6.07, 6.45) is 0.247. The Kier molecular flexibility index (Phi) is 4.70. The molecule has 1 atom stereocenters. The Labute approximate surface area is 111 Å². The van der Waals surface area contributed by atoms with Crippen molar-refractivity contribution in [1.82, 2.24) is 5.32 Å². The zero-order chi connectivity index (χ0) is 13.7. The van der Waals surface area contributed by atoms with Gasteiger partial charge in [0.2, 0.25) is 5.91 Å². The topological polar surface area (TPSA) is 59.6 Å². The minimum absolute atomic E-state index is 0.0255. The van der Waals surface area contributed by atoms with Crippen LogP contribution in [-0.2, 0) is 9.53 Å². The Morgan fingerprint density at radius 3 is 3.16 bits per heavy atom. The van der Waals surface area contributed by atoms with E-state index >= 15 is 0 Å². The lowest BCUT2D eigenvalue weighted by Crippen LogP contribution is -2.43. The molecule has 0 bridgehead atoms. The van der Waals surface area contributed by atoms with Crippen LogP contribution in [0.2, 0.25) is 0 Å². The van der Waals surface area contributed by atoms with Gasteiger partial charge in [-0.25, -0.2) is 4.39 Å². The monoisotopic (exact) mass is 268 g/mol. The number of rotatable bonds is 4. The van der Waals surface area contributed by atoms with Gasteiger partial charge in [0.25, 0.3) is 0 Å². The molecule has 1 aliphatic heterocycles. The zero-order valence-electron chi connectivity index (χ0n) is 10.7. The molecule has 1 fully saturated rings. The van der Waals surface area contributed by atoms with Crippen LogP contribution < -0.4 is 15.4 Å². The van der Waals surface area contributed by atoms with Crippen molar-refractivity contribution in [3.63, 3.8) is 0 Å². The Hall–Kier alpha value is -1.66. The van der Waals surface area contributed by atoms with Gasteiger partial charge < -0.3 is 20.1 Å². The van der Waals surface area contributed by atoms with E-state index in [1.54, 1.807) is 0 Å². The lowest BCUT2D eigenvalue weighted by molar-refractivity contribution is -0.117. The molecule has 1 heterocycles. The summed E-state index contributed by atoms with van der Waals surface area (Å²) in [4.78, 5) is 11.8. The first-order chi connectivity index (χ1) is 9.19. The van der Waals surface area contributed by atoms with Crippen LogP contribution in [0.25, 0.3) is 0 Å². The third kappa shape index (κ3) is 3.90. The number of hydrogen-bond acceptors (Lipinski definition) is 4. The van der Waals surface area contributed by atoms with Crippen LogP contribution in [0, 0.1) is 5.82 Å². The minimum Gasteiger partial charge on any atom is -0.497 e. The van der Waals surface area contributed by atoms with E-state index in [9.17, 15) is 9.18 Å². The number of halogens is 1. The summed E-state index contributed by atoms with van der Waals surface area (Å²) in [5.74, 6) is -0.243. The molecule has 5 nitrogen and oxygen atoms in total. The maximum Gasteiger partial charge on any atom is 0.226 e. The number of carbonyl (C=O) groups is 1. The van der Waals surface area contributed by atoms with Crippen molar-refractivity contribution in [3.8, 4) is 5.75 Å². The van der Waals surface area contributed by atoms with Gasteiger partial charge in [0.1, 0.15) is 11.6 Å². The molecule has 0 radical (unpaired) electrons. The highest BCUT2D eigenvalue weighted by Gasteiger charge is 2.17. The second-order valence-corrected chi connectivity index (χ2v) is 4.32. The van der Waals surface area contributed by atoms with E-state index in [0.717, 1.165) is 6.54 Å². The van der Waals surface area contributed by atoms with Crippen LogP contribution in [0.5, 0.6) is 5.75 Å². The molecule has 1 unspecified atom stereocenters. The molecule has 104 valence electrons. The highest BCUT2D eigenvalue weighted by Crippen LogP contribution is 2.21. The summed E-state index contributed by atoms with van der Waals surface area (Å²) >= 11 is 0. The second kappa shape index (κ2) is 6.49. The Balaban J connectivity index is 1.94. The fourth-order valence-corrected chi connectivity index (χ4v) is 1.90. The van der Waals surface area contributed by atoms with Crippen molar-refractivity contribution in [1.29, 1.82) is 0 Å². The number of benzene rings is 1. The second-order valence-electron chi connectivity index (χ2n) is 4.32. The average molecular weight is 268 g/mol. The van der Waals surface area contributed by atoms with Crippen molar-refractivity contribution in [2.24, 2.45) is 0 Å². The van der Waals surface area contributed by atoms with E-state index < -0.39 is 5.82 Å². The van der Waals surface area contributed by atoms with Crippen LogP contribution in [-0.4, -0.2) is 38.8 Å². The summed E-state index contributed by atoms with van der Waals surface area (Å²) in [5.41, 5.74) is 0.126. The normalized spacial score (nSPS) is 18.9. The number of morpholine rings is 1. The van der Waals surface area contributed by atoms with Crippen molar-refractivity contribution >= 4 is 11.6 Å². The zero-order valence-corrected chi connectivity index (χ0v) is 10.7. The van der Waals surface area contributed by atoms with E-state index in [2.05, 4.69) is 10.6 Å². The van der Waals surface area contributed by atoms with Gasteiger partial charge in [0, 0.05) is 25.1 Å². The quantitative estimate of drug-likeness (QED) is 0.860. The first-order valence-electron chi connectivity index (χ1n) is 6.13. The number of carbonyl (C=O) groups excluding carboxylic acids is 1.